The number of imidazole rings is 1. The molecule has 0 amide bonds. The van der Waals surface area contributed by atoms with E-state index in [1.54, 1.807) is 0 Å². The summed E-state index contributed by atoms with van der Waals surface area (Å²) in [7, 11) is 0. The van der Waals surface area contributed by atoms with Gasteiger partial charge in [-0.05, 0) is 26.2 Å². The van der Waals surface area contributed by atoms with Crippen LogP contribution in [-0.2, 0) is 16.1 Å². The molecule has 0 N–H and O–H groups in total. The summed E-state index contributed by atoms with van der Waals surface area (Å²) in [5, 5.41) is 1.14. The van der Waals surface area contributed by atoms with Crippen molar-refractivity contribution in [2.75, 3.05) is 12.4 Å². The number of carbonyl (C=O) groups excluding carboxylic acids is 1. The molecule has 0 aliphatic heterocycles. The average Bonchev–Trinajstić information content (AvgIpc) is 3.31. The molecule has 1 heterocycles. The summed E-state index contributed by atoms with van der Waals surface area (Å²) in [6.45, 7) is 5.56. The standard InChI is InChI=1S/C33H46N2O2S/c1-3-5-6-7-11-20-27-38-33-34-31(28-21-14-12-15-22-28)32(29-23-16-13-17-24-29)35(33)26-19-10-8-9-18-25-30(36)37-4-2/h12-17,21-24H,3-11,18-20,25-27H2,1-2H3. The van der Waals surface area contributed by atoms with Gasteiger partial charge in [-0.3, -0.25) is 4.79 Å². The highest BCUT2D eigenvalue weighted by molar-refractivity contribution is 7.99. The lowest BCUT2D eigenvalue weighted by molar-refractivity contribution is -0.143. The number of hydrogen-bond donors (Lipinski definition) is 0. The van der Waals surface area contributed by atoms with Crippen LogP contribution in [0.4, 0.5) is 0 Å². The lowest BCUT2D eigenvalue weighted by atomic mass is 10.0. The third-order valence-electron chi connectivity index (χ3n) is 6.82. The summed E-state index contributed by atoms with van der Waals surface area (Å²) in [5.41, 5.74) is 4.70. The Balaban J connectivity index is 1.71. The summed E-state index contributed by atoms with van der Waals surface area (Å²) in [6.07, 6.45) is 13.8. The van der Waals surface area contributed by atoms with Gasteiger partial charge in [0, 0.05) is 29.8 Å². The fourth-order valence-corrected chi connectivity index (χ4v) is 5.81. The van der Waals surface area contributed by atoms with E-state index < -0.39 is 0 Å². The predicted octanol–water partition coefficient (Wildman–Crippen LogP) is 9.57. The van der Waals surface area contributed by atoms with Crippen LogP contribution >= 0.6 is 11.8 Å². The number of benzene rings is 2. The van der Waals surface area contributed by atoms with E-state index in [2.05, 4.69) is 72.2 Å². The second-order valence-electron chi connectivity index (χ2n) is 9.91. The van der Waals surface area contributed by atoms with Gasteiger partial charge in [0.15, 0.2) is 5.16 Å². The van der Waals surface area contributed by atoms with Crippen LogP contribution in [0.5, 0.6) is 0 Å². The van der Waals surface area contributed by atoms with Gasteiger partial charge < -0.3 is 9.30 Å². The first-order valence-corrected chi connectivity index (χ1v) is 15.7. The predicted molar refractivity (Wildman–Crippen MR) is 162 cm³/mol. The van der Waals surface area contributed by atoms with Crippen molar-refractivity contribution in [1.29, 1.82) is 0 Å². The molecule has 5 heteroatoms. The van der Waals surface area contributed by atoms with E-state index in [4.69, 9.17) is 9.72 Å². The SMILES string of the molecule is CCCCCCCCSc1nc(-c2ccccc2)c(-c2ccccc2)n1CCCCCCCC(=O)OCC. The molecule has 0 unspecified atom stereocenters. The van der Waals surface area contributed by atoms with Crippen molar-refractivity contribution < 1.29 is 9.53 Å². The number of aromatic nitrogens is 2. The van der Waals surface area contributed by atoms with Gasteiger partial charge in [0.1, 0.15) is 0 Å². The maximum atomic E-state index is 11.6. The van der Waals surface area contributed by atoms with Crippen molar-refractivity contribution in [2.45, 2.75) is 103 Å². The number of ether oxygens (including phenoxy) is 1. The molecule has 0 spiro atoms. The Hall–Kier alpha value is -2.53. The van der Waals surface area contributed by atoms with Crippen molar-refractivity contribution in [1.82, 2.24) is 9.55 Å². The summed E-state index contributed by atoms with van der Waals surface area (Å²) in [6, 6.07) is 21.3. The Bertz CT molecular complexity index is 1050. The molecule has 3 rings (SSSR count). The Kier molecular flexibility index (Phi) is 14.1. The molecule has 1 aromatic heterocycles. The van der Waals surface area contributed by atoms with Gasteiger partial charge in [0.2, 0.25) is 0 Å². The van der Waals surface area contributed by atoms with Gasteiger partial charge in [-0.25, -0.2) is 4.98 Å². The Morgan fingerprint density at radius 1 is 0.763 bits per heavy atom. The molecule has 0 saturated heterocycles. The van der Waals surface area contributed by atoms with Gasteiger partial charge in [-0.15, -0.1) is 0 Å². The highest BCUT2D eigenvalue weighted by Crippen LogP contribution is 2.36. The average molecular weight is 535 g/mol. The first-order valence-electron chi connectivity index (χ1n) is 14.7. The Labute approximate surface area is 234 Å². The largest absolute Gasteiger partial charge is 0.466 e. The van der Waals surface area contributed by atoms with Gasteiger partial charge >= 0.3 is 5.97 Å². The minimum absolute atomic E-state index is 0.0705. The lowest BCUT2D eigenvalue weighted by Crippen LogP contribution is -2.04. The number of rotatable bonds is 19. The first-order chi connectivity index (χ1) is 18.7. The van der Waals surface area contributed by atoms with Gasteiger partial charge in [0.05, 0.1) is 18.0 Å². The highest BCUT2D eigenvalue weighted by Gasteiger charge is 2.20. The second kappa shape index (κ2) is 17.9. The zero-order valence-corrected chi connectivity index (χ0v) is 24.3. The maximum Gasteiger partial charge on any atom is 0.305 e. The summed E-state index contributed by atoms with van der Waals surface area (Å²) in [5.74, 6) is 1.04. The molecule has 4 nitrogen and oxygen atoms in total. The minimum atomic E-state index is -0.0705. The van der Waals surface area contributed by atoms with Crippen LogP contribution in [0.15, 0.2) is 65.8 Å². The fraction of sp³-hybridized carbons (Fsp3) is 0.515. The van der Waals surface area contributed by atoms with Crippen LogP contribution in [-0.4, -0.2) is 27.9 Å². The van der Waals surface area contributed by atoms with Crippen LogP contribution in [0, 0.1) is 0 Å². The number of thioether (sulfide) groups is 1. The zero-order valence-electron chi connectivity index (χ0n) is 23.5. The van der Waals surface area contributed by atoms with Crippen molar-refractivity contribution in [3.63, 3.8) is 0 Å². The smallest absolute Gasteiger partial charge is 0.305 e. The van der Waals surface area contributed by atoms with Crippen molar-refractivity contribution >= 4 is 17.7 Å². The molecule has 2 aromatic carbocycles. The summed E-state index contributed by atoms with van der Waals surface area (Å²) in [4.78, 5) is 16.8. The molecular weight excluding hydrogens is 488 g/mol. The molecule has 38 heavy (non-hydrogen) atoms. The number of hydrogen-bond acceptors (Lipinski definition) is 4. The van der Waals surface area contributed by atoms with E-state index in [0.29, 0.717) is 13.0 Å². The molecule has 206 valence electrons. The third kappa shape index (κ3) is 9.98. The first kappa shape index (κ1) is 30.0. The van der Waals surface area contributed by atoms with E-state index in [0.717, 1.165) is 55.3 Å². The normalized spacial score (nSPS) is 11.1. The zero-order chi connectivity index (χ0) is 26.8. The lowest BCUT2D eigenvalue weighted by Gasteiger charge is -2.13. The Morgan fingerprint density at radius 3 is 2.05 bits per heavy atom. The number of esters is 1. The molecular formula is C33H46N2O2S. The van der Waals surface area contributed by atoms with E-state index >= 15 is 0 Å². The van der Waals surface area contributed by atoms with E-state index in [1.807, 2.05) is 18.7 Å². The summed E-state index contributed by atoms with van der Waals surface area (Å²) >= 11 is 1.92. The minimum Gasteiger partial charge on any atom is -0.466 e. The van der Waals surface area contributed by atoms with E-state index in [1.165, 1.54) is 55.3 Å². The van der Waals surface area contributed by atoms with Gasteiger partial charge in [0.25, 0.3) is 0 Å². The number of carbonyl (C=O) groups is 1. The van der Waals surface area contributed by atoms with Crippen molar-refractivity contribution in [3.8, 4) is 22.5 Å². The van der Waals surface area contributed by atoms with Gasteiger partial charge in [-0.2, -0.15) is 0 Å². The molecule has 0 bridgehead atoms. The number of nitrogens with zero attached hydrogens (tertiary/aromatic N) is 2. The molecule has 3 aromatic rings. The Morgan fingerprint density at radius 2 is 1.37 bits per heavy atom. The quantitative estimate of drug-likeness (QED) is 0.0872. The van der Waals surface area contributed by atoms with Gasteiger partial charge in [-0.1, -0.05) is 131 Å². The van der Waals surface area contributed by atoms with Crippen LogP contribution in [0.2, 0.25) is 0 Å². The van der Waals surface area contributed by atoms with Crippen LogP contribution in [0.3, 0.4) is 0 Å². The van der Waals surface area contributed by atoms with Crippen molar-refractivity contribution in [3.05, 3.63) is 60.7 Å². The van der Waals surface area contributed by atoms with Crippen molar-refractivity contribution in [2.24, 2.45) is 0 Å². The molecule has 0 aliphatic carbocycles. The topological polar surface area (TPSA) is 44.1 Å². The van der Waals surface area contributed by atoms with E-state index in [-0.39, 0.29) is 5.97 Å². The molecule has 0 radical (unpaired) electrons. The molecule has 0 aliphatic rings. The molecule has 0 fully saturated rings. The van der Waals surface area contributed by atoms with Crippen LogP contribution < -0.4 is 0 Å². The maximum absolute atomic E-state index is 11.6. The molecule has 0 saturated carbocycles. The number of unbranched alkanes of at least 4 members (excludes halogenated alkanes) is 9. The monoisotopic (exact) mass is 534 g/mol. The highest BCUT2D eigenvalue weighted by atomic mass is 32.2. The fourth-order valence-electron chi connectivity index (χ4n) is 4.78. The second-order valence-corrected chi connectivity index (χ2v) is 11.0. The van der Waals surface area contributed by atoms with E-state index in [9.17, 15) is 4.79 Å². The summed E-state index contributed by atoms with van der Waals surface area (Å²) < 4.78 is 7.52. The van der Waals surface area contributed by atoms with Crippen LogP contribution in [0.1, 0.15) is 90.9 Å². The molecule has 0 atom stereocenters. The van der Waals surface area contributed by atoms with Crippen LogP contribution in [0.25, 0.3) is 22.5 Å². The third-order valence-corrected chi connectivity index (χ3v) is 7.89.